The van der Waals surface area contributed by atoms with E-state index in [0.29, 0.717) is 17.0 Å². The first kappa shape index (κ1) is 20.2. The monoisotopic (exact) mass is 399 g/mol. The number of hydrogen-bond acceptors (Lipinski definition) is 4. The van der Waals surface area contributed by atoms with Crippen LogP contribution in [0.4, 0.5) is 8.78 Å². The van der Waals surface area contributed by atoms with Crippen LogP contribution in [0.3, 0.4) is 0 Å². The lowest BCUT2D eigenvalue weighted by Crippen LogP contribution is -2.38. The first-order chi connectivity index (χ1) is 13.9. The fraction of sp³-hybridized carbons (Fsp3) is 0.190. The van der Waals surface area contributed by atoms with Crippen molar-refractivity contribution in [2.75, 3.05) is 13.2 Å². The number of rotatable bonds is 7. The molecular formula is C21H19F2N3O3. The van der Waals surface area contributed by atoms with Crippen molar-refractivity contribution >= 4 is 5.91 Å². The van der Waals surface area contributed by atoms with Crippen molar-refractivity contribution in [3.05, 3.63) is 82.7 Å². The first-order valence-corrected chi connectivity index (χ1v) is 8.96. The van der Waals surface area contributed by atoms with Gasteiger partial charge in [-0.2, -0.15) is 5.10 Å². The summed E-state index contributed by atoms with van der Waals surface area (Å²) in [7, 11) is 0. The van der Waals surface area contributed by atoms with Gasteiger partial charge in [-0.05, 0) is 61.5 Å². The number of halogens is 2. The van der Waals surface area contributed by atoms with E-state index in [1.807, 2.05) is 0 Å². The molecule has 0 aliphatic heterocycles. The van der Waals surface area contributed by atoms with Gasteiger partial charge in [-0.25, -0.2) is 13.5 Å². The minimum atomic E-state index is -0.853. The maximum atomic E-state index is 13.1. The van der Waals surface area contributed by atoms with Crippen molar-refractivity contribution in [1.29, 1.82) is 0 Å². The summed E-state index contributed by atoms with van der Waals surface area (Å²) in [5.74, 6) is -0.657. The Labute approximate surface area is 165 Å². The number of nitrogens with one attached hydrogen (secondary N) is 1. The highest BCUT2D eigenvalue weighted by molar-refractivity contribution is 5.79. The topological polar surface area (TPSA) is 73.2 Å². The number of carbonyl (C=O) groups excluding carboxylic acids is 1. The molecule has 1 unspecified atom stereocenters. The molecule has 3 aromatic rings. The maximum Gasteiger partial charge on any atom is 0.267 e. The van der Waals surface area contributed by atoms with E-state index in [2.05, 4.69) is 10.4 Å². The number of amides is 1. The molecule has 2 aromatic carbocycles. The largest absolute Gasteiger partial charge is 0.492 e. The Morgan fingerprint density at radius 2 is 1.66 bits per heavy atom. The number of ether oxygens (including phenoxy) is 1. The lowest BCUT2D eigenvalue weighted by molar-refractivity contribution is -0.124. The summed E-state index contributed by atoms with van der Waals surface area (Å²) < 4.78 is 32.4. The van der Waals surface area contributed by atoms with Crippen LogP contribution in [0.5, 0.6) is 5.75 Å². The molecule has 0 saturated heterocycles. The van der Waals surface area contributed by atoms with Gasteiger partial charge in [-0.3, -0.25) is 9.59 Å². The summed E-state index contributed by atoms with van der Waals surface area (Å²) in [6, 6.07) is 13.2. The number of hydrogen-bond donors (Lipinski definition) is 1. The second-order valence-electron chi connectivity index (χ2n) is 6.28. The minimum absolute atomic E-state index is 0.183. The third-order valence-electron chi connectivity index (χ3n) is 4.19. The molecule has 1 N–H and O–H groups in total. The average Bonchev–Trinajstić information content (AvgIpc) is 2.73. The van der Waals surface area contributed by atoms with Gasteiger partial charge in [-0.1, -0.05) is 0 Å². The molecule has 8 heteroatoms. The van der Waals surface area contributed by atoms with Crippen LogP contribution in [-0.4, -0.2) is 28.8 Å². The summed E-state index contributed by atoms with van der Waals surface area (Å²) in [5.41, 5.74) is 0.644. The molecule has 0 aliphatic rings. The van der Waals surface area contributed by atoms with Gasteiger partial charge in [0.2, 0.25) is 5.91 Å². The van der Waals surface area contributed by atoms with E-state index in [9.17, 15) is 18.4 Å². The van der Waals surface area contributed by atoms with Crippen LogP contribution in [0, 0.1) is 11.6 Å². The van der Waals surface area contributed by atoms with E-state index in [1.165, 1.54) is 48.5 Å². The molecule has 0 saturated carbocycles. The number of benzene rings is 2. The van der Waals surface area contributed by atoms with E-state index < -0.39 is 17.5 Å². The van der Waals surface area contributed by atoms with Crippen molar-refractivity contribution in [3.63, 3.8) is 0 Å². The molecule has 0 bridgehead atoms. The molecule has 0 fully saturated rings. The SMILES string of the molecule is CC(C(=O)NCCOc1ccc(F)cc1)n1nc(-c2ccc(F)cc2)ccc1=O. The molecule has 6 nitrogen and oxygen atoms in total. The zero-order valence-electron chi connectivity index (χ0n) is 15.6. The zero-order chi connectivity index (χ0) is 20.8. The summed E-state index contributed by atoms with van der Waals surface area (Å²) in [4.78, 5) is 24.5. The van der Waals surface area contributed by atoms with E-state index >= 15 is 0 Å². The highest BCUT2D eigenvalue weighted by Crippen LogP contribution is 2.16. The van der Waals surface area contributed by atoms with Gasteiger partial charge in [0.15, 0.2) is 0 Å². The molecule has 0 spiro atoms. The maximum absolute atomic E-state index is 13.1. The Kier molecular flexibility index (Phi) is 6.33. The molecule has 0 aliphatic carbocycles. The second-order valence-corrected chi connectivity index (χ2v) is 6.28. The van der Waals surface area contributed by atoms with Crippen molar-refractivity contribution in [2.45, 2.75) is 13.0 Å². The number of aromatic nitrogens is 2. The quantitative estimate of drug-likeness (QED) is 0.620. The Bertz CT molecular complexity index is 1030. The second kappa shape index (κ2) is 9.09. The third-order valence-corrected chi connectivity index (χ3v) is 4.19. The number of carbonyl (C=O) groups is 1. The van der Waals surface area contributed by atoms with Crippen LogP contribution >= 0.6 is 0 Å². The van der Waals surface area contributed by atoms with Crippen LogP contribution in [0.25, 0.3) is 11.3 Å². The standard InChI is InChI=1S/C21H19F2N3O3/c1-14(21(28)24-12-13-29-18-8-6-17(23)7-9-18)26-20(27)11-10-19(25-26)15-2-4-16(22)5-3-15/h2-11,14H,12-13H2,1H3,(H,24,28). The summed E-state index contributed by atoms with van der Waals surface area (Å²) in [5, 5.41) is 6.90. The molecule has 0 radical (unpaired) electrons. The Hall–Kier alpha value is -3.55. The highest BCUT2D eigenvalue weighted by atomic mass is 19.1. The Morgan fingerprint density at radius 1 is 1.03 bits per heavy atom. The molecule has 29 heavy (non-hydrogen) atoms. The summed E-state index contributed by atoms with van der Waals surface area (Å²) in [6.45, 7) is 1.94. The van der Waals surface area contributed by atoms with Crippen LogP contribution in [0.2, 0.25) is 0 Å². The Morgan fingerprint density at radius 3 is 2.31 bits per heavy atom. The predicted molar refractivity (Wildman–Crippen MR) is 104 cm³/mol. The predicted octanol–water partition coefficient (Wildman–Crippen LogP) is 2.94. The van der Waals surface area contributed by atoms with Gasteiger partial charge in [0.25, 0.3) is 5.56 Å². The normalized spacial score (nSPS) is 11.7. The minimum Gasteiger partial charge on any atom is -0.492 e. The molecule has 1 amide bonds. The van der Waals surface area contributed by atoms with Gasteiger partial charge in [0, 0.05) is 11.6 Å². The van der Waals surface area contributed by atoms with Gasteiger partial charge < -0.3 is 10.1 Å². The average molecular weight is 399 g/mol. The summed E-state index contributed by atoms with van der Waals surface area (Å²) >= 11 is 0. The van der Waals surface area contributed by atoms with Crippen LogP contribution < -0.4 is 15.6 Å². The zero-order valence-corrected chi connectivity index (χ0v) is 15.6. The summed E-state index contributed by atoms with van der Waals surface area (Å²) in [6.07, 6.45) is 0. The molecular weight excluding hydrogens is 380 g/mol. The molecule has 1 heterocycles. The van der Waals surface area contributed by atoms with Crippen LogP contribution in [-0.2, 0) is 4.79 Å². The number of nitrogens with zero attached hydrogens (tertiary/aromatic N) is 2. The lowest BCUT2D eigenvalue weighted by atomic mass is 10.1. The van der Waals surface area contributed by atoms with Crippen molar-refractivity contribution in [1.82, 2.24) is 15.1 Å². The van der Waals surface area contributed by atoms with Gasteiger partial charge >= 0.3 is 0 Å². The van der Waals surface area contributed by atoms with Crippen molar-refractivity contribution in [3.8, 4) is 17.0 Å². The van der Waals surface area contributed by atoms with Gasteiger partial charge in [0.05, 0.1) is 12.2 Å². The molecule has 3 rings (SSSR count). The van der Waals surface area contributed by atoms with Gasteiger partial charge in [0.1, 0.15) is 30.0 Å². The van der Waals surface area contributed by atoms with E-state index in [1.54, 1.807) is 19.1 Å². The van der Waals surface area contributed by atoms with E-state index in [4.69, 9.17) is 4.74 Å². The molecule has 1 atom stereocenters. The molecule has 150 valence electrons. The van der Waals surface area contributed by atoms with Crippen LogP contribution in [0.1, 0.15) is 13.0 Å². The van der Waals surface area contributed by atoms with Crippen molar-refractivity contribution in [2.24, 2.45) is 0 Å². The molecule has 1 aromatic heterocycles. The van der Waals surface area contributed by atoms with Crippen LogP contribution in [0.15, 0.2) is 65.5 Å². The fourth-order valence-corrected chi connectivity index (χ4v) is 2.61. The van der Waals surface area contributed by atoms with Crippen molar-refractivity contribution < 1.29 is 18.3 Å². The van der Waals surface area contributed by atoms with E-state index in [0.717, 1.165) is 4.68 Å². The third kappa shape index (κ3) is 5.25. The lowest BCUT2D eigenvalue weighted by Gasteiger charge is -2.15. The smallest absolute Gasteiger partial charge is 0.267 e. The Balaban J connectivity index is 1.61. The first-order valence-electron chi connectivity index (χ1n) is 8.96. The van der Waals surface area contributed by atoms with E-state index in [-0.39, 0.29) is 24.8 Å². The highest BCUT2D eigenvalue weighted by Gasteiger charge is 2.17. The fourth-order valence-electron chi connectivity index (χ4n) is 2.61. The van der Waals surface area contributed by atoms with Gasteiger partial charge in [-0.15, -0.1) is 0 Å².